The Kier molecular flexibility index (Phi) is 3.35. The number of fused-ring (bicyclic) bond motifs is 2. The predicted octanol–water partition coefficient (Wildman–Crippen LogP) is 3.38. The van der Waals surface area contributed by atoms with Crippen LogP contribution in [-0.4, -0.2) is 30.3 Å². The van der Waals surface area contributed by atoms with Gasteiger partial charge in [0.15, 0.2) is 5.13 Å². The Morgan fingerprint density at radius 2 is 1.95 bits per heavy atom. The van der Waals surface area contributed by atoms with E-state index in [1.807, 2.05) is 0 Å². The second kappa shape index (κ2) is 5.25. The molecule has 1 aromatic heterocycles. The second-order valence-electron chi connectivity index (χ2n) is 6.31. The highest BCUT2D eigenvalue weighted by Gasteiger charge is 2.38. The minimum absolute atomic E-state index is 0.495. The zero-order valence-corrected chi connectivity index (χ0v) is 13.8. The molecule has 2 aromatic rings. The number of aryl methyl sites for hydroxylation is 1. The molecule has 3 heterocycles. The largest absolute Gasteiger partial charge is 0.398 e. The van der Waals surface area contributed by atoms with Gasteiger partial charge in [-0.05, 0) is 37.8 Å². The summed E-state index contributed by atoms with van der Waals surface area (Å²) in [6.07, 6.45) is 2.43. The van der Waals surface area contributed by atoms with Gasteiger partial charge in [-0.1, -0.05) is 12.1 Å². The van der Waals surface area contributed by atoms with Crippen molar-refractivity contribution in [3.8, 4) is 11.3 Å². The number of anilines is 2. The summed E-state index contributed by atoms with van der Waals surface area (Å²) in [6.45, 7) is 5.82. The first kappa shape index (κ1) is 14.0. The summed E-state index contributed by atoms with van der Waals surface area (Å²) >= 11 is 1.72. The molecule has 2 N–H and O–H groups in total. The number of nitrogen functional groups attached to an aromatic ring is 1. The lowest BCUT2D eigenvalue weighted by atomic mass is 10.0. The molecule has 2 bridgehead atoms. The standard InChI is InChI=1S/C17H21N3OS/c1-10-3-6-14(16(18)11(10)2)15-9-22-17(19-15)20-12-4-5-13(20)8-21-7-12/h3,6,9,12-13H,4-5,7-8,18H2,1-2H3. The van der Waals surface area contributed by atoms with E-state index in [1.165, 1.54) is 18.4 Å². The Morgan fingerprint density at radius 1 is 1.23 bits per heavy atom. The summed E-state index contributed by atoms with van der Waals surface area (Å²) in [6, 6.07) is 5.20. The number of nitrogens with zero attached hydrogens (tertiary/aromatic N) is 2. The van der Waals surface area contributed by atoms with Crippen molar-refractivity contribution in [3.63, 3.8) is 0 Å². The number of thiazole rings is 1. The minimum atomic E-state index is 0.495. The van der Waals surface area contributed by atoms with E-state index >= 15 is 0 Å². The molecular formula is C17H21N3OS. The van der Waals surface area contributed by atoms with Crippen molar-refractivity contribution in [2.45, 2.75) is 38.8 Å². The fourth-order valence-electron chi connectivity index (χ4n) is 3.51. The molecule has 0 radical (unpaired) electrons. The van der Waals surface area contributed by atoms with Crippen molar-refractivity contribution in [2.75, 3.05) is 23.8 Å². The molecule has 2 atom stereocenters. The number of hydrogen-bond acceptors (Lipinski definition) is 5. The topological polar surface area (TPSA) is 51.4 Å². The van der Waals surface area contributed by atoms with E-state index in [0.29, 0.717) is 12.1 Å². The molecule has 0 amide bonds. The molecule has 2 fully saturated rings. The number of benzene rings is 1. The van der Waals surface area contributed by atoms with Crippen LogP contribution in [-0.2, 0) is 4.74 Å². The molecule has 5 heteroatoms. The summed E-state index contributed by atoms with van der Waals surface area (Å²) in [4.78, 5) is 7.35. The van der Waals surface area contributed by atoms with Crippen LogP contribution in [0.4, 0.5) is 10.8 Å². The maximum absolute atomic E-state index is 6.30. The summed E-state index contributed by atoms with van der Waals surface area (Å²) < 4.78 is 5.66. The second-order valence-corrected chi connectivity index (χ2v) is 7.15. The third kappa shape index (κ3) is 2.11. The lowest BCUT2D eigenvalue weighted by Gasteiger charge is -2.34. The molecule has 4 rings (SSSR count). The Labute approximate surface area is 134 Å². The number of ether oxygens (including phenoxy) is 1. The molecule has 2 aliphatic rings. The van der Waals surface area contributed by atoms with Gasteiger partial charge in [0.05, 0.1) is 31.0 Å². The molecule has 2 saturated heterocycles. The monoisotopic (exact) mass is 315 g/mol. The molecule has 0 spiro atoms. The summed E-state index contributed by atoms with van der Waals surface area (Å²) in [5, 5.41) is 3.24. The van der Waals surface area contributed by atoms with Crippen LogP contribution in [0.25, 0.3) is 11.3 Å². The van der Waals surface area contributed by atoms with Crippen LogP contribution in [0.1, 0.15) is 24.0 Å². The number of hydrogen-bond donors (Lipinski definition) is 1. The van der Waals surface area contributed by atoms with Crippen molar-refractivity contribution < 1.29 is 4.74 Å². The van der Waals surface area contributed by atoms with Crippen LogP contribution in [0.15, 0.2) is 17.5 Å². The maximum Gasteiger partial charge on any atom is 0.186 e. The van der Waals surface area contributed by atoms with Crippen LogP contribution >= 0.6 is 11.3 Å². The SMILES string of the molecule is Cc1ccc(-c2csc(N3C4CCC3COC4)n2)c(N)c1C. The average Bonchev–Trinajstić information content (AvgIpc) is 3.07. The van der Waals surface area contributed by atoms with Gasteiger partial charge in [-0.2, -0.15) is 0 Å². The van der Waals surface area contributed by atoms with E-state index in [9.17, 15) is 0 Å². The Balaban J connectivity index is 1.69. The van der Waals surface area contributed by atoms with Crippen molar-refractivity contribution in [1.29, 1.82) is 0 Å². The lowest BCUT2D eigenvalue weighted by Crippen LogP contribution is -2.45. The van der Waals surface area contributed by atoms with Crippen LogP contribution in [0.5, 0.6) is 0 Å². The molecule has 22 heavy (non-hydrogen) atoms. The van der Waals surface area contributed by atoms with Crippen LogP contribution in [0.2, 0.25) is 0 Å². The van der Waals surface area contributed by atoms with Gasteiger partial charge in [0, 0.05) is 16.6 Å². The fourth-order valence-corrected chi connectivity index (χ4v) is 4.48. The van der Waals surface area contributed by atoms with Crippen LogP contribution in [0, 0.1) is 13.8 Å². The lowest BCUT2D eigenvalue weighted by molar-refractivity contribution is 0.0906. The zero-order chi connectivity index (χ0) is 15.3. The van der Waals surface area contributed by atoms with Gasteiger partial charge < -0.3 is 15.4 Å². The Hall–Kier alpha value is -1.59. The van der Waals surface area contributed by atoms with Gasteiger partial charge in [0.1, 0.15) is 0 Å². The molecule has 0 aliphatic carbocycles. The summed E-state index contributed by atoms with van der Waals surface area (Å²) in [7, 11) is 0. The Morgan fingerprint density at radius 3 is 2.68 bits per heavy atom. The quantitative estimate of drug-likeness (QED) is 0.863. The third-order valence-electron chi connectivity index (χ3n) is 5.01. The number of morpholine rings is 1. The summed E-state index contributed by atoms with van der Waals surface area (Å²) in [5.74, 6) is 0. The summed E-state index contributed by atoms with van der Waals surface area (Å²) in [5.41, 5.74) is 11.6. The fraction of sp³-hybridized carbons (Fsp3) is 0.471. The van der Waals surface area contributed by atoms with Crippen LogP contribution < -0.4 is 10.6 Å². The van der Waals surface area contributed by atoms with Gasteiger partial charge in [0.2, 0.25) is 0 Å². The highest BCUT2D eigenvalue weighted by atomic mass is 32.1. The van der Waals surface area contributed by atoms with Gasteiger partial charge >= 0.3 is 0 Å². The molecule has 2 aliphatic heterocycles. The van der Waals surface area contributed by atoms with Gasteiger partial charge in [-0.25, -0.2) is 4.98 Å². The van der Waals surface area contributed by atoms with Crippen molar-refractivity contribution in [2.24, 2.45) is 0 Å². The predicted molar refractivity (Wildman–Crippen MR) is 91.5 cm³/mol. The molecule has 4 nitrogen and oxygen atoms in total. The van der Waals surface area contributed by atoms with Crippen molar-refractivity contribution in [3.05, 3.63) is 28.6 Å². The van der Waals surface area contributed by atoms with E-state index in [2.05, 4.69) is 36.3 Å². The van der Waals surface area contributed by atoms with Crippen LogP contribution in [0.3, 0.4) is 0 Å². The molecular weight excluding hydrogens is 294 g/mol. The van der Waals surface area contributed by atoms with E-state index < -0.39 is 0 Å². The number of nitrogens with two attached hydrogens (primary N) is 1. The smallest absolute Gasteiger partial charge is 0.186 e. The number of rotatable bonds is 2. The van der Waals surface area contributed by atoms with Crippen molar-refractivity contribution in [1.82, 2.24) is 4.98 Å². The van der Waals surface area contributed by atoms with E-state index in [0.717, 1.165) is 40.9 Å². The zero-order valence-electron chi connectivity index (χ0n) is 13.0. The van der Waals surface area contributed by atoms with E-state index in [-0.39, 0.29) is 0 Å². The molecule has 0 saturated carbocycles. The first-order valence-electron chi connectivity index (χ1n) is 7.83. The van der Waals surface area contributed by atoms with Crippen molar-refractivity contribution >= 4 is 22.2 Å². The molecule has 1 aromatic carbocycles. The normalized spacial score (nSPS) is 24.0. The minimum Gasteiger partial charge on any atom is -0.398 e. The van der Waals surface area contributed by atoms with Gasteiger partial charge in [0.25, 0.3) is 0 Å². The first-order valence-corrected chi connectivity index (χ1v) is 8.71. The maximum atomic E-state index is 6.30. The van der Waals surface area contributed by atoms with Gasteiger partial charge in [-0.15, -0.1) is 11.3 Å². The third-order valence-corrected chi connectivity index (χ3v) is 5.87. The molecule has 2 unspecified atom stereocenters. The average molecular weight is 315 g/mol. The Bertz CT molecular complexity index is 696. The highest BCUT2D eigenvalue weighted by Crippen LogP contribution is 2.38. The first-order chi connectivity index (χ1) is 10.6. The highest BCUT2D eigenvalue weighted by molar-refractivity contribution is 7.14. The van der Waals surface area contributed by atoms with Gasteiger partial charge in [-0.3, -0.25) is 0 Å². The number of aromatic nitrogens is 1. The van der Waals surface area contributed by atoms with E-state index in [4.69, 9.17) is 15.5 Å². The molecule has 116 valence electrons. The van der Waals surface area contributed by atoms with E-state index in [1.54, 1.807) is 11.3 Å².